The van der Waals surface area contributed by atoms with Gasteiger partial charge in [-0.15, -0.1) is 0 Å². The van der Waals surface area contributed by atoms with E-state index < -0.39 is 5.60 Å². The van der Waals surface area contributed by atoms with Crippen molar-refractivity contribution in [2.24, 2.45) is 56.7 Å². The summed E-state index contributed by atoms with van der Waals surface area (Å²) in [6, 6.07) is 0. The smallest absolute Gasteiger partial charge is 0.302 e. The summed E-state index contributed by atoms with van der Waals surface area (Å²) in [5.74, 6) is 1.56. The second-order valence-corrected chi connectivity index (χ2v) is 16.3. The quantitative estimate of drug-likeness (QED) is 0.409. The van der Waals surface area contributed by atoms with E-state index in [9.17, 15) is 15.0 Å². The Morgan fingerprint density at radius 2 is 1.44 bits per heavy atom. The number of carbonyl (C=O) groups is 1. The molecular weight excluding hydrogens is 448 g/mol. The first-order chi connectivity index (χ1) is 16.4. The molecule has 0 bridgehead atoms. The van der Waals surface area contributed by atoms with Crippen LogP contribution < -0.4 is 0 Å². The highest BCUT2D eigenvalue weighted by Gasteiger charge is 2.74. The number of hydrogen-bond acceptors (Lipinski definition) is 4. The van der Waals surface area contributed by atoms with Crippen molar-refractivity contribution in [3.63, 3.8) is 0 Å². The number of ether oxygens (including phenoxy) is 1. The van der Waals surface area contributed by atoms with Crippen molar-refractivity contribution in [2.45, 2.75) is 138 Å². The van der Waals surface area contributed by atoms with Crippen LogP contribution in [-0.4, -0.2) is 34.0 Å². The minimum atomic E-state index is -0.787. The Balaban J connectivity index is 1.61. The highest BCUT2D eigenvalue weighted by molar-refractivity contribution is 5.66. The SMILES string of the molecule is CC(=O)OC1CC2(C)C(CCC3C4(C)CCCC(C)(C)C4C(O)CC32C)C2(C)CCC(C(C)(C)O)C12. The van der Waals surface area contributed by atoms with E-state index in [4.69, 9.17) is 4.74 Å². The van der Waals surface area contributed by atoms with E-state index in [1.807, 2.05) is 13.8 Å². The first kappa shape index (κ1) is 27.0. The summed E-state index contributed by atoms with van der Waals surface area (Å²) < 4.78 is 6.21. The summed E-state index contributed by atoms with van der Waals surface area (Å²) in [6.07, 6.45) is 9.46. The molecule has 206 valence electrons. The van der Waals surface area contributed by atoms with E-state index in [-0.39, 0.29) is 57.1 Å². The zero-order chi connectivity index (χ0) is 26.7. The Hall–Kier alpha value is -0.610. The molecule has 0 aliphatic heterocycles. The molecular formula is C32H54O4. The molecule has 36 heavy (non-hydrogen) atoms. The third-order valence-corrected chi connectivity index (χ3v) is 13.7. The summed E-state index contributed by atoms with van der Waals surface area (Å²) in [4.78, 5) is 12.4. The molecule has 11 atom stereocenters. The monoisotopic (exact) mass is 502 g/mol. The highest BCUT2D eigenvalue weighted by atomic mass is 16.5. The van der Waals surface area contributed by atoms with E-state index in [1.165, 1.54) is 32.1 Å². The lowest BCUT2D eigenvalue weighted by Gasteiger charge is -2.74. The predicted octanol–water partition coefficient (Wildman–Crippen LogP) is 6.76. The minimum Gasteiger partial charge on any atom is -0.462 e. The lowest BCUT2D eigenvalue weighted by molar-refractivity contribution is -0.282. The van der Waals surface area contributed by atoms with Crippen LogP contribution in [0.3, 0.4) is 0 Å². The van der Waals surface area contributed by atoms with Crippen molar-refractivity contribution in [3.8, 4) is 0 Å². The van der Waals surface area contributed by atoms with Crippen molar-refractivity contribution >= 4 is 5.97 Å². The van der Waals surface area contributed by atoms with Crippen molar-refractivity contribution in [1.29, 1.82) is 0 Å². The van der Waals surface area contributed by atoms with Crippen LogP contribution in [0.5, 0.6) is 0 Å². The van der Waals surface area contributed by atoms with Gasteiger partial charge < -0.3 is 14.9 Å². The molecule has 5 rings (SSSR count). The van der Waals surface area contributed by atoms with Gasteiger partial charge in [-0.1, -0.05) is 48.0 Å². The Kier molecular flexibility index (Phi) is 5.97. The topological polar surface area (TPSA) is 66.8 Å². The van der Waals surface area contributed by atoms with Crippen LogP contribution >= 0.6 is 0 Å². The van der Waals surface area contributed by atoms with E-state index in [0.717, 1.165) is 25.7 Å². The lowest BCUT2D eigenvalue weighted by atomic mass is 9.31. The molecule has 0 amide bonds. The van der Waals surface area contributed by atoms with Gasteiger partial charge in [-0.05, 0) is 116 Å². The first-order valence-electron chi connectivity index (χ1n) is 15.0. The Morgan fingerprint density at radius 1 is 0.861 bits per heavy atom. The zero-order valence-corrected chi connectivity index (χ0v) is 24.6. The van der Waals surface area contributed by atoms with Crippen LogP contribution in [-0.2, 0) is 9.53 Å². The summed E-state index contributed by atoms with van der Waals surface area (Å²) in [5, 5.41) is 23.1. The second-order valence-electron chi connectivity index (χ2n) is 16.3. The molecule has 0 spiro atoms. The largest absolute Gasteiger partial charge is 0.462 e. The van der Waals surface area contributed by atoms with Gasteiger partial charge in [0.1, 0.15) is 6.10 Å². The van der Waals surface area contributed by atoms with Gasteiger partial charge in [0.05, 0.1) is 11.7 Å². The van der Waals surface area contributed by atoms with Crippen LogP contribution in [0.1, 0.15) is 120 Å². The molecule has 0 radical (unpaired) electrons. The molecule has 0 saturated heterocycles. The summed E-state index contributed by atoms with van der Waals surface area (Å²) in [7, 11) is 0. The number of rotatable bonds is 2. The van der Waals surface area contributed by atoms with Gasteiger partial charge in [0.2, 0.25) is 0 Å². The van der Waals surface area contributed by atoms with Gasteiger partial charge in [-0.3, -0.25) is 4.79 Å². The average Bonchev–Trinajstić information content (AvgIpc) is 3.06. The molecule has 4 nitrogen and oxygen atoms in total. The number of carbonyl (C=O) groups excluding carboxylic acids is 1. The maximum absolute atomic E-state index is 12.4. The third kappa shape index (κ3) is 3.41. The first-order valence-corrected chi connectivity index (χ1v) is 15.0. The molecule has 0 aromatic heterocycles. The van der Waals surface area contributed by atoms with Crippen molar-refractivity contribution in [2.75, 3.05) is 0 Å². The molecule has 11 unspecified atom stereocenters. The normalized spacial score (nSPS) is 54.0. The standard InChI is InChI=1S/C32H54O4/c1-19(33)36-22-18-32(9)23(29(6)16-13-20(25(22)29)28(4,5)35)11-12-24-30(7)15-10-14-27(2,3)26(30)21(34)17-31(24,32)8/h20-26,34-35H,10-18H2,1-9H3. The average molecular weight is 503 g/mol. The zero-order valence-electron chi connectivity index (χ0n) is 24.6. The van der Waals surface area contributed by atoms with Gasteiger partial charge in [-0.25, -0.2) is 0 Å². The number of aliphatic hydroxyl groups is 2. The van der Waals surface area contributed by atoms with E-state index >= 15 is 0 Å². The second kappa shape index (κ2) is 7.96. The third-order valence-electron chi connectivity index (χ3n) is 13.7. The number of aliphatic hydroxyl groups excluding tert-OH is 1. The molecule has 4 heteroatoms. The fourth-order valence-electron chi connectivity index (χ4n) is 12.7. The van der Waals surface area contributed by atoms with E-state index in [1.54, 1.807) is 6.92 Å². The number of fused-ring (bicyclic) bond motifs is 7. The summed E-state index contributed by atoms with van der Waals surface area (Å²) >= 11 is 0. The number of hydrogen-bond donors (Lipinski definition) is 2. The highest BCUT2D eigenvalue weighted by Crippen LogP contribution is 2.78. The molecule has 5 aliphatic rings. The molecule has 5 aliphatic carbocycles. The molecule has 0 aromatic rings. The fourth-order valence-corrected chi connectivity index (χ4v) is 12.7. The van der Waals surface area contributed by atoms with Gasteiger partial charge in [-0.2, -0.15) is 0 Å². The molecule has 0 heterocycles. The maximum Gasteiger partial charge on any atom is 0.302 e. The van der Waals surface area contributed by atoms with Crippen molar-refractivity contribution in [3.05, 3.63) is 0 Å². The predicted molar refractivity (Wildman–Crippen MR) is 143 cm³/mol. The van der Waals surface area contributed by atoms with Crippen LogP contribution in [0.2, 0.25) is 0 Å². The molecule has 2 N–H and O–H groups in total. The maximum atomic E-state index is 12.4. The molecule has 5 saturated carbocycles. The Labute approximate surface area is 220 Å². The summed E-state index contributed by atoms with van der Waals surface area (Å²) in [6.45, 7) is 20.2. The van der Waals surface area contributed by atoms with Gasteiger partial charge in [0, 0.05) is 12.8 Å². The van der Waals surface area contributed by atoms with E-state index in [0.29, 0.717) is 17.8 Å². The van der Waals surface area contributed by atoms with E-state index in [2.05, 4.69) is 41.5 Å². The van der Waals surface area contributed by atoms with Crippen LogP contribution in [0, 0.1) is 56.7 Å². The van der Waals surface area contributed by atoms with Crippen LogP contribution in [0.25, 0.3) is 0 Å². The summed E-state index contributed by atoms with van der Waals surface area (Å²) in [5.41, 5.74) is -0.478. The van der Waals surface area contributed by atoms with Crippen molar-refractivity contribution < 1.29 is 19.7 Å². The lowest BCUT2D eigenvalue weighted by Crippen LogP contribution is -2.70. The van der Waals surface area contributed by atoms with Gasteiger partial charge in [0.25, 0.3) is 0 Å². The number of esters is 1. The molecule has 5 fully saturated rings. The van der Waals surface area contributed by atoms with Crippen molar-refractivity contribution in [1.82, 2.24) is 0 Å². The van der Waals surface area contributed by atoms with Gasteiger partial charge in [0.15, 0.2) is 0 Å². The fraction of sp³-hybridized carbons (Fsp3) is 0.969. The van der Waals surface area contributed by atoms with Crippen LogP contribution in [0.4, 0.5) is 0 Å². The Morgan fingerprint density at radius 3 is 2.03 bits per heavy atom. The molecule has 0 aromatic carbocycles. The van der Waals surface area contributed by atoms with Crippen LogP contribution in [0.15, 0.2) is 0 Å². The Bertz CT molecular complexity index is 904. The minimum absolute atomic E-state index is 0.00674. The van der Waals surface area contributed by atoms with Gasteiger partial charge >= 0.3 is 5.97 Å².